The zero-order valence-electron chi connectivity index (χ0n) is 12.8. The molecule has 0 aromatic heterocycles. The van der Waals surface area contributed by atoms with Gasteiger partial charge in [0, 0.05) is 6.42 Å². The fourth-order valence-corrected chi connectivity index (χ4v) is 1.93. The number of aliphatic carboxylic acids is 1. The van der Waals surface area contributed by atoms with Crippen LogP contribution in [0.5, 0.6) is 0 Å². The van der Waals surface area contributed by atoms with Crippen molar-refractivity contribution in [2.75, 3.05) is 7.05 Å². The molecule has 22 heavy (non-hydrogen) atoms. The van der Waals surface area contributed by atoms with Crippen molar-refractivity contribution in [2.24, 2.45) is 0 Å². The van der Waals surface area contributed by atoms with Gasteiger partial charge in [0.1, 0.15) is 12.1 Å². The van der Waals surface area contributed by atoms with Crippen molar-refractivity contribution in [3.63, 3.8) is 0 Å². The maximum Gasteiger partial charge on any atom is 0.220 e. The topological polar surface area (TPSA) is 138 Å². The Bertz CT molecular complexity index is 466. The largest absolute Gasteiger partial charge is 0.548 e. The van der Waals surface area contributed by atoms with Gasteiger partial charge >= 0.3 is 0 Å². The van der Waals surface area contributed by atoms with Gasteiger partial charge in [-0.05, 0) is 18.9 Å². The number of hydrogen-bond acceptors (Lipinski definition) is 4. The molecule has 6 N–H and O–H groups in total. The van der Waals surface area contributed by atoms with Gasteiger partial charge in [0.15, 0.2) is 0 Å². The third-order valence-electron chi connectivity index (χ3n) is 3.44. The number of likely N-dealkylation sites (N-methyl/N-ethyl adjacent to an activating group) is 1. The Morgan fingerprint density at radius 3 is 2.36 bits per heavy atom. The highest BCUT2D eigenvalue weighted by molar-refractivity contribution is 5.86. The zero-order valence-corrected chi connectivity index (χ0v) is 12.8. The van der Waals surface area contributed by atoms with Crippen molar-refractivity contribution in [2.45, 2.75) is 38.0 Å². The van der Waals surface area contributed by atoms with Crippen LogP contribution in [0.3, 0.4) is 0 Å². The van der Waals surface area contributed by atoms with Crippen LogP contribution in [0.25, 0.3) is 0 Å². The molecule has 1 amide bonds. The molecule has 1 fully saturated rings. The lowest BCUT2D eigenvalue weighted by Crippen LogP contribution is -2.86. The minimum Gasteiger partial charge on any atom is -0.548 e. The zero-order chi connectivity index (χ0) is 15.8. The van der Waals surface area contributed by atoms with Crippen molar-refractivity contribution in [1.29, 1.82) is 0 Å². The van der Waals surface area contributed by atoms with Crippen LogP contribution in [0.1, 0.15) is 31.4 Å². The molecule has 124 valence electrons. The maximum atomic E-state index is 10.4. The third-order valence-corrected chi connectivity index (χ3v) is 3.44. The number of aliphatic hydroxyl groups excluding tert-OH is 1. The Balaban J connectivity index is 0.000000397. The van der Waals surface area contributed by atoms with Gasteiger partial charge in [-0.3, -0.25) is 4.79 Å². The number of carboxylic acids is 1. The average molecular weight is 312 g/mol. The summed E-state index contributed by atoms with van der Waals surface area (Å²) in [5.74, 6) is -1.40. The minimum absolute atomic E-state index is 0. The Hall–Kier alpha value is -1.96. The lowest BCUT2D eigenvalue weighted by atomic mass is 10.0. The van der Waals surface area contributed by atoms with E-state index in [1.165, 1.54) is 0 Å². The van der Waals surface area contributed by atoms with Crippen molar-refractivity contribution in [1.82, 2.24) is 5.32 Å². The molecule has 1 heterocycles. The van der Waals surface area contributed by atoms with E-state index in [0.29, 0.717) is 12.8 Å². The van der Waals surface area contributed by atoms with Crippen LogP contribution in [0.2, 0.25) is 0 Å². The van der Waals surface area contributed by atoms with E-state index in [1.807, 2.05) is 49.6 Å². The van der Waals surface area contributed by atoms with Crippen LogP contribution in [0, 0.1) is 0 Å². The monoisotopic (exact) mass is 312 g/mol. The number of nitrogens with two attached hydrogens (primary N) is 1. The molecule has 1 aliphatic heterocycles. The van der Waals surface area contributed by atoms with E-state index >= 15 is 0 Å². The molecule has 7 heteroatoms. The highest BCUT2D eigenvalue weighted by Gasteiger charge is 2.20. The van der Waals surface area contributed by atoms with Gasteiger partial charge in [-0.2, -0.15) is 0 Å². The normalized spacial score (nSPS) is 19.0. The molecule has 0 radical (unpaired) electrons. The smallest absolute Gasteiger partial charge is 0.220 e. The second-order valence-corrected chi connectivity index (χ2v) is 5.03. The number of carbonyl (C=O) groups is 2. The van der Waals surface area contributed by atoms with Gasteiger partial charge < -0.3 is 31.1 Å². The van der Waals surface area contributed by atoms with E-state index in [1.54, 1.807) is 0 Å². The molecule has 0 aliphatic carbocycles. The van der Waals surface area contributed by atoms with Crippen molar-refractivity contribution in [3.05, 3.63) is 35.9 Å². The van der Waals surface area contributed by atoms with E-state index in [-0.39, 0.29) is 23.5 Å². The predicted molar refractivity (Wildman–Crippen MR) is 78.5 cm³/mol. The van der Waals surface area contributed by atoms with E-state index < -0.39 is 12.0 Å². The van der Waals surface area contributed by atoms with E-state index in [0.717, 1.165) is 5.56 Å². The highest BCUT2D eigenvalue weighted by atomic mass is 16.4. The number of quaternary nitrogens is 1. The molecule has 0 spiro atoms. The summed E-state index contributed by atoms with van der Waals surface area (Å²) < 4.78 is 0. The third kappa shape index (κ3) is 6.21. The molecule has 2 rings (SSSR count). The van der Waals surface area contributed by atoms with Crippen molar-refractivity contribution >= 4 is 11.9 Å². The summed E-state index contributed by atoms with van der Waals surface area (Å²) >= 11 is 0. The molecule has 7 nitrogen and oxygen atoms in total. The summed E-state index contributed by atoms with van der Waals surface area (Å²) in [4.78, 5) is 20.4. The number of hydrogen-bond donors (Lipinski definition) is 3. The summed E-state index contributed by atoms with van der Waals surface area (Å²) in [7, 11) is 1.97. The Labute approximate surface area is 129 Å². The summed E-state index contributed by atoms with van der Waals surface area (Å²) in [6.07, 6.45) is 0.302. The number of rotatable bonds is 4. The van der Waals surface area contributed by atoms with Crippen LogP contribution >= 0.6 is 0 Å². The van der Waals surface area contributed by atoms with Gasteiger partial charge in [-0.1, -0.05) is 30.3 Å². The molecular weight excluding hydrogens is 288 g/mol. The quantitative estimate of drug-likeness (QED) is 0.565. The average Bonchev–Trinajstić information content (AvgIpc) is 2.94. The molecule has 1 aliphatic rings. The molecule has 0 bridgehead atoms. The van der Waals surface area contributed by atoms with Gasteiger partial charge in [-0.15, -0.1) is 0 Å². The first-order chi connectivity index (χ1) is 9.95. The van der Waals surface area contributed by atoms with Crippen molar-refractivity contribution < 1.29 is 30.6 Å². The first-order valence-electron chi connectivity index (χ1n) is 6.98. The molecule has 1 saturated heterocycles. The second-order valence-electron chi connectivity index (χ2n) is 5.03. The highest BCUT2D eigenvalue weighted by Crippen LogP contribution is 2.13. The van der Waals surface area contributed by atoms with Gasteiger partial charge in [0.25, 0.3) is 0 Å². The van der Waals surface area contributed by atoms with E-state index in [2.05, 4.69) is 5.32 Å². The molecule has 0 unspecified atom stereocenters. The van der Waals surface area contributed by atoms with Crippen LogP contribution < -0.4 is 15.7 Å². The van der Waals surface area contributed by atoms with Gasteiger partial charge in [0.2, 0.25) is 5.91 Å². The van der Waals surface area contributed by atoms with Crippen LogP contribution in [-0.2, 0) is 9.59 Å². The minimum atomic E-state index is -1.19. The number of aliphatic hydroxyl groups is 1. The molecule has 1 aromatic carbocycles. The Morgan fingerprint density at radius 2 is 2.00 bits per heavy atom. The van der Waals surface area contributed by atoms with Gasteiger partial charge in [0.05, 0.1) is 19.1 Å². The van der Waals surface area contributed by atoms with E-state index in [9.17, 15) is 19.8 Å². The summed E-state index contributed by atoms with van der Waals surface area (Å²) in [5, 5.41) is 24.0. The number of nitrogens with one attached hydrogen (secondary N) is 1. The molecule has 1 aromatic rings. The number of carboxylic acid groups (broad SMARTS) is 1. The Kier molecular flexibility index (Phi) is 9.00. The molecule has 0 saturated carbocycles. The van der Waals surface area contributed by atoms with Crippen molar-refractivity contribution in [3.8, 4) is 0 Å². The maximum absolute atomic E-state index is 10.4. The van der Waals surface area contributed by atoms with E-state index in [4.69, 9.17) is 0 Å². The van der Waals surface area contributed by atoms with Crippen LogP contribution in [-0.4, -0.2) is 41.6 Å². The first-order valence-corrected chi connectivity index (χ1v) is 6.98. The number of amides is 1. The standard InChI is InChI=1S/C10H15NO.C5H7NO3.H2O/c1-8(11-2)10(12)9-6-4-3-5-7-9;7-4-2-1-3(6-4)5(8)9;/h3-8,10-12H,1-2H3;3H,1-2H2,(H,6,7)(H,8,9);1H2/t8-,10-;3-;/m10./s1. The van der Waals surface area contributed by atoms with Crippen LogP contribution in [0.15, 0.2) is 30.3 Å². The van der Waals surface area contributed by atoms with Gasteiger partial charge in [-0.25, -0.2) is 0 Å². The fourth-order valence-electron chi connectivity index (χ4n) is 1.93. The lowest BCUT2D eigenvalue weighted by molar-refractivity contribution is -0.669. The number of carbonyl (C=O) groups excluding carboxylic acids is 2. The second kappa shape index (κ2) is 9.88. The summed E-state index contributed by atoms with van der Waals surface area (Å²) in [6.45, 7) is 2.01. The van der Waals surface area contributed by atoms with Crippen LogP contribution in [0.4, 0.5) is 0 Å². The SMILES string of the molecule is C[NH2+][C@H](C)[C@@H](O)c1ccccc1.O.O=C1CC[C@@H](C(=O)[O-])N1. The first kappa shape index (κ1) is 20.0. The predicted octanol–water partition coefficient (Wildman–Crippen LogP) is -2.51. The lowest BCUT2D eigenvalue weighted by Gasteiger charge is -2.15. The summed E-state index contributed by atoms with van der Waals surface area (Å²) in [6, 6.07) is 9.21. The number of benzene rings is 1. The Morgan fingerprint density at radius 1 is 1.41 bits per heavy atom. The fraction of sp³-hybridized carbons (Fsp3) is 0.467. The molecular formula is C15H24N2O5. The molecule has 3 atom stereocenters. The summed E-state index contributed by atoms with van der Waals surface area (Å²) in [5.41, 5.74) is 0.989.